The van der Waals surface area contributed by atoms with Crippen molar-refractivity contribution >= 4 is 11.7 Å². The van der Waals surface area contributed by atoms with E-state index in [1.54, 1.807) is 7.11 Å². The molecule has 23 heavy (non-hydrogen) atoms. The highest BCUT2D eigenvalue weighted by atomic mass is 16.5. The van der Waals surface area contributed by atoms with Crippen LogP contribution in [0.1, 0.15) is 24.0 Å². The van der Waals surface area contributed by atoms with Crippen LogP contribution in [-0.2, 0) is 9.47 Å². The Bertz CT molecular complexity index is 511. The number of urea groups is 1. The molecule has 1 aromatic rings. The largest absolute Gasteiger partial charge is 0.382 e. The van der Waals surface area contributed by atoms with Crippen LogP contribution in [-0.4, -0.2) is 51.0 Å². The van der Waals surface area contributed by atoms with Gasteiger partial charge >= 0.3 is 6.03 Å². The number of rotatable bonds is 6. The Kier molecular flexibility index (Phi) is 6.86. The molecule has 1 aliphatic rings. The first kappa shape index (κ1) is 17.8. The van der Waals surface area contributed by atoms with E-state index < -0.39 is 0 Å². The van der Waals surface area contributed by atoms with Crippen LogP contribution < -0.4 is 5.32 Å². The van der Waals surface area contributed by atoms with Gasteiger partial charge in [-0.1, -0.05) is 6.07 Å². The number of methoxy groups -OCH3 is 1. The number of anilines is 1. The fourth-order valence-electron chi connectivity index (χ4n) is 2.72. The molecule has 0 aromatic heterocycles. The number of piperidine rings is 1. The number of hydrogen-bond donors (Lipinski definition) is 1. The lowest BCUT2D eigenvalue weighted by Gasteiger charge is -2.32. The molecule has 0 radical (unpaired) electrons. The van der Waals surface area contributed by atoms with Gasteiger partial charge < -0.3 is 19.7 Å². The summed E-state index contributed by atoms with van der Waals surface area (Å²) >= 11 is 0. The molecule has 0 spiro atoms. The van der Waals surface area contributed by atoms with Crippen molar-refractivity contribution in [2.75, 3.05) is 45.3 Å². The van der Waals surface area contributed by atoms with Crippen molar-refractivity contribution < 1.29 is 14.3 Å². The smallest absolute Gasteiger partial charge is 0.321 e. The molecule has 5 nitrogen and oxygen atoms in total. The normalized spacial score (nSPS) is 15.7. The zero-order chi connectivity index (χ0) is 16.7. The number of aryl methyl sites for hydroxylation is 2. The summed E-state index contributed by atoms with van der Waals surface area (Å²) in [5.74, 6) is 0.539. The molecule has 1 aliphatic heterocycles. The molecule has 0 atom stereocenters. The number of ether oxygens (including phenoxy) is 2. The molecular formula is C18H28N2O3. The van der Waals surface area contributed by atoms with Crippen molar-refractivity contribution in [3.63, 3.8) is 0 Å². The monoisotopic (exact) mass is 320 g/mol. The first-order chi connectivity index (χ1) is 11.1. The summed E-state index contributed by atoms with van der Waals surface area (Å²) in [6, 6.07) is 6.00. The van der Waals surface area contributed by atoms with Gasteiger partial charge in [0.25, 0.3) is 0 Å². The average Bonchev–Trinajstić information content (AvgIpc) is 2.55. The van der Waals surface area contributed by atoms with Crippen molar-refractivity contribution in [1.29, 1.82) is 0 Å². The van der Waals surface area contributed by atoms with Crippen LogP contribution in [0.15, 0.2) is 18.2 Å². The third-order valence-electron chi connectivity index (χ3n) is 4.45. The molecule has 1 aromatic carbocycles. The van der Waals surface area contributed by atoms with Gasteiger partial charge in [0.05, 0.1) is 13.2 Å². The van der Waals surface area contributed by atoms with Gasteiger partial charge in [0, 0.05) is 32.5 Å². The third-order valence-corrected chi connectivity index (χ3v) is 4.45. The summed E-state index contributed by atoms with van der Waals surface area (Å²) < 4.78 is 10.6. The lowest BCUT2D eigenvalue weighted by atomic mass is 9.98. The second kappa shape index (κ2) is 8.89. The predicted molar refractivity (Wildman–Crippen MR) is 91.9 cm³/mol. The van der Waals surface area contributed by atoms with Crippen LogP contribution in [0.3, 0.4) is 0 Å². The summed E-state index contributed by atoms with van der Waals surface area (Å²) in [5, 5.41) is 2.99. The molecule has 1 fully saturated rings. The van der Waals surface area contributed by atoms with E-state index in [1.165, 1.54) is 11.1 Å². The first-order valence-electron chi connectivity index (χ1n) is 8.30. The Hall–Kier alpha value is -1.59. The highest BCUT2D eigenvalue weighted by molar-refractivity contribution is 5.89. The fourth-order valence-corrected chi connectivity index (χ4v) is 2.72. The molecule has 1 saturated heterocycles. The maximum absolute atomic E-state index is 12.3. The van der Waals surface area contributed by atoms with Crippen LogP contribution in [0, 0.1) is 19.8 Å². The van der Waals surface area contributed by atoms with Crippen molar-refractivity contribution in [3.8, 4) is 0 Å². The van der Waals surface area contributed by atoms with Crippen molar-refractivity contribution in [3.05, 3.63) is 29.3 Å². The second-order valence-electron chi connectivity index (χ2n) is 6.23. The van der Waals surface area contributed by atoms with Crippen molar-refractivity contribution in [2.45, 2.75) is 26.7 Å². The first-order valence-corrected chi connectivity index (χ1v) is 8.30. The molecule has 2 rings (SSSR count). The number of benzene rings is 1. The number of nitrogens with zero attached hydrogens (tertiary/aromatic N) is 1. The molecule has 1 heterocycles. The van der Waals surface area contributed by atoms with Crippen LogP contribution in [0.2, 0.25) is 0 Å². The number of carbonyl (C=O) groups excluding carboxylic acids is 1. The average molecular weight is 320 g/mol. The van der Waals surface area contributed by atoms with Crippen LogP contribution in [0.4, 0.5) is 10.5 Å². The highest BCUT2D eigenvalue weighted by Gasteiger charge is 2.22. The lowest BCUT2D eigenvalue weighted by Crippen LogP contribution is -2.41. The number of hydrogen-bond acceptors (Lipinski definition) is 3. The van der Waals surface area contributed by atoms with E-state index in [4.69, 9.17) is 9.47 Å². The Morgan fingerprint density at radius 3 is 2.61 bits per heavy atom. The van der Waals surface area contributed by atoms with Gasteiger partial charge in [-0.05, 0) is 55.9 Å². The van der Waals surface area contributed by atoms with E-state index in [0.29, 0.717) is 19.1 Å². The maximum Gasteiger partial charge on any atom is 0.321 e. The minimum absolute atomic E-state index is 0.00740. The van der Waals surface area contributed by atoms with Crippen LogP contribution >= 0.6 is 0 Å². The maximum atomic E-state index is 12.3. The fraction of sp³-hybridized carbons (Fsp3) is 0.611. The minimum Gasteiger partial charge on any atom is -0.382 e. The zero-order valence-electron chi connectivity index (χ0n) is 14.4. The van der Waals surface area contributed by atoms with E-state index in [2.05, 4.69) is 19.2 Å². The van der Waals surface area contributed by atoms with Gasteiger partial charge in [-0.2, -0.15) is 0 Å². The number of likely N-dealkylation sites (tertiary alicyclic amines) is 1. The third kappa shape index (κ3) is 5.52. The van der Waals surface area contributed by atoms with E-state index in [-0.39, 0.29) is 6.03 Å². The highest BCUT2D eigenvalue weighted by Crippen LogP contribution is 2.19. The Morgan fingerprint density at radius 1 is 1.22 bits per heavy atom. The summed E-state index contributed by atoms with van der Waals surface area (Å²) in [4.78, 5) is 14.2. The molecule has 128 valence electrons. The quantitative estimate of drug-likeness (QED) is 0.819. The molecular weight excluding hydrogens is 292 g/mol. The van der Waals surface area contributed by atoms with Gasteiger partial charge in [-0.25, -0.2) is 4.79 Å². The van der Waals surface area contributed by atoms with Crippen LogP contribution in [0.5, 0.6) is 0 Å². The van der Waals surface area contributed by atoms with Crippen molar-refractivity contribution in [1.82, 2.24) is 4.90 Å². The molecule has 0 bridgehead atoms. The molecule has 5 heteroatoms. The number of nitrogens with one attached hydrogen (secondary N) is 1. The van der Waals surface area contributed by atoms with Gasteiger partial charge in [-0.15, -0.1) is 0 Å². The van der Waals surface area contributed by atoms with E-state index in [0.717, 1.165) is 38.2 Å². The number of carbonyl (C=O) groups is 1. The molecule has 0 unspecified atom stereocenters. The Morgan fingerprint density at radius 2 is 1.96 bits per heavy atom. The van der Waals surface area contributed by atoms with E-state index in [1.807, 2.05) is 23.1 Å². The Labute approximate surface area is 139 Å². The minimum atomic E-state index is -0.00740. The second-order valence-corrected chi connectivity index (χ2v) is 6.23. The summed E-state index contributed by atoms with van der Waals surface area (Å²) in [6.07, 6.45) is 1.99. The SMILES string of the molecule is COCCOCC1CCN(C(=O)Nc2ccc(C)c(C)c2)CC1. The molecule has 0 saturated carbocycles. The van der Waals surface area contributed by atoms with Gasteiger partial charge in [0.2, 0.25) is 0 Å². The summed E-state index contributed by atoms with van der Waals surface area (Å²) in [5.41, 5.74) is 3.29. The van der Waals surface area contributed by atoms with Gasteiger partial charge in [-0.3, -0.25) is 0 Å². The topological polar surface area (TPSA) is 50.8 Å². The summed E-state index contributed by atoms with van der Waals surface area (Å²) in [7, 11) is 1.68. The van der Waals surface area contributed by atoms with Crippen molar-refractivity contribution in [2.24, 2.45) is 5.92 Å². The van der Waals surface area contributed by atoms with E-state index in [9.17, 15) is 4.79 Å². The van der Waals surface area contributed by atoms with Gasteiger partial charge in [0.15, 0.2) is 0 Å². The molecule has 1 N–H and O–H groups in total. The molecule has 0 aliphatic carbocycles. The lowest BCUT2D eigenvalue weighted by molar-refractivity contribution is 0.0386. The van der Waals surface area contributed by atoms with Gasteiger partial charge in [0.1, 0.15) is 0 Å². The number of amides is 2. The van der Waals surface area contributed by atoms with Crippen LogP contribution in [0.25, 0.3) is 0 Å². The standard InChI is InChI=1S/C18H28N2O3/c1-14-4-5-17(12-15(14)2)19-18(21)20-8-6-16(7-9-20)13-23-11-10-22-3/h4-5,12,16H,6-11,13H2,1-3H3,(H,19,21). The molecule has 2 amide bonds. The zero-order valence-corrected chi connectivity index (χ0v) is 14.4. The summed E-state index contributed by atoms with van der Waals surface area (Å²) in [6.45, 7) is 7.74. The Balaban J connectivity index is 1.74. The van der Waals surface area contributed by atoms with E-state index >= 15 is 0 Å². The predicted octanol–water partition coefficient (Wildman–Crippen LogP) is 3.21.